The van der Waals surface area contributed by atoms with E-state index in [4.69, 9.17) is 9.47 Å². The Morgan fingerprint density at radius 1 is 0.406 bits per heavy atom. The molecule has 6 heteroatoms. The molecular weight excluding hydrogens is 1130 g/mol. The Labute approximate surface area is 405 Å². The number of hydrogen-bond acceptors (Lipinski definition) is 2. The van der Waals surface area contributed by atoms with Crippen molar-refractivity contribution in [1.82, 2.24) is 0 Å². The monoisotopic (exact) mass is 1180 g/mol. The molecule has 0 spiro atoms. The Morgan fingerprint density at radius 2 is 0.875 bits per heavy atom. The van der Waals surface area contributed by atoms with E-state index in [9.17, 15) is 0 Å². The van der Waals surface area contributed by atoms with Gasteiger partial charge in [0.15, 0.2) is 0 Å². The molecule has 322 valence electrons. The number of aryl methyl sites for hydroxylation is 2. The van der Waals surface area contributed by atoms with Crippen molar-refractivity contribution in [1.29, 1.82) is 0 Å². The Kier molecular flexibility index (Phi) is 14.6. The van der Waals surface area contributed by atoms with Crippen molar-refractivity contribution in [2.75, 3.05) is 26.4 Å². The number of hydrogen-bond donors (Lipinski definition) is 0. The third-order valence-electron chi connectivity index (χ3n) is 12.7. The molecule has 64 heavy (non-hydrogen) atoms. The maximum absolute atomic E-state index is 16.2. The molecule has 2 heterocycles. The molecule has 8 aromatic carbocycles. The van der Waals surface area contributed by atoms with Gasteiger partial charge in [-0.05, 0) is 116 Å². The summed E-state index contributed by atoms with van der Waals surface area (Å²) in [4.78, 5) is 0. The van der Waals surface area contributed by atoms with Gasteiger partial charge in [-0.3, -0.25) is 11.8 Å². The van der Waals surface area contributed by atoms with Crippen LogP contribution in [0.3, 0.4) is 0 Å². The molecule has 0 N–H and O–H groups in total. The predicted molar refractivity (Wildman–Crippen MR) is 249 cm³/mol. The van der Waals surface area contributed by atoms with Crippen LogP contribution in [-0.4, -0.2) is 26.4 Å². The van der Waals surface area contributed by atoms with E-state index in [0.717, 1.165) is 111 Å². The van der Waals surface area contributed by atoms with Gasteiger partial charge in [-0.2, -0.15) is 0 Å². The fourth-order valence-corrected chi connectivity index (χ4v) is 9.23. The summed E-state index contributed by atoms with van der Waals surface area (Å²) in [6.45, 7) is 7.29. The summed E-state index contributed by atoms with van der Waals surface area (Å²) in [6, 6.07) is 50.7. The van der Waals surface area contributed by atoms with Crippen molar-refractivity contribution in [2.24, 2.45) is 0 Å². The molecule has 0 unspecified atom stereocenters. The predicted octanol–water partition coefficient (Wildman–Crippen LogP) is 13.2. The second kappa shape index (κ2) is 20.3. The second-order valence-electron chi connectivity index (χ2n) is 17.7. The molecule has 0 radical (unpaired) electrons. The largest absolute Gasteiger partial charge is 0.444 e. The van der Waals surface area contributed by atoms with E-state index in [0.29, 0.717) is 36.8 Å². The van der Waals surface area contributed by atoms with Crippen molar-refractivity contribution >= 4 is 21.5 Å². The number of benzene rings is 8. The van der Waals surface area contributed by atoms with Crippen LogP contribution in [0.4, 0.5) is 8.78 Å². The normalized spacial score (nSPS) is 13.9. The van der Waals surface area contributed by atoms with Gasteiger partial charge in [0.1, 0.15) is 11.6 Å². The number of ether oxygens (including phenoxy) is 2. The van der Waals surface area contributed by atoms with Gasteiger partial charge in [-0.15, -0.1) is 12.8 Å². The molecular formula is C58H50F2O2W2-2. The first kappa shape index (κ1) is 46.0. The minimum absolute atomic E-state index is 0. The van der Waals surface area contributed by atoms with Gasteiger partial charge in [-0.1, -0.05) is 182 Å². The van der Waals surface area contributed by atoms with Gasteiger partial charge >= 0.3 is 0 Å². The SMILES string of the molecule is Cc1ccc2c(-c3c(Cc4ccc(Cc5ccc(C[C-]6COC6)cc5)cc4F)ccc4cc(C)ccc34)cc(Cc3ccc(Cc4ccc(C[C-]5COC5)cc4)cc3F)cc2c1.[W].[W]. The Bertz CT molecular complexity index is 2920. The van der Waals surface area contributed by atoms with Gasteiger partial charge in [0.2, 0.25) is 0 Å². The van der Waals surface area contributed by atoms with E-state index in [-0.39, 0.29) is 53.8 Å². The average molecular weight is 1180 g/mol. The molecule has 0 aromatic heterocycles. The fraction of sp³-hybridized carbons (Fsp3) is 0.207. The Balaban J connectivity index is 0.00000280. The van der Waals surface area contributed by atoms with Crippen molar-refractivity contribution in [3.63, 3.8) is 0 Å². The molecule has 0 amide bonds. The maximum atomic E-state index is 16.2. The zero-order valence-corrected chi connectivity index (χ0v) is 42.2. The molecule has 0 bridgehead atoms. The first-order chi connectivity index (χ1) is 30.3. The van der Waals surface area contributed by atoms with Crippen LogP contribution in [0.1, 0.15) is 66.8 Å². The van der Waals surface area contributed by atoms with E-state index >= 15 is 8.78 Å². The minimum Gasteiger partial charge on any atom is -0.444 e. The quantitative estimate of drug-likeness (QED) is 0.107. The number of rotatable bonds is 13. The summed E-state index contributed by atoms with van der Waals surface area (Å²) in [5.74, 6) is 2.47. The van der Waals surface area contributed by atoms with Crippen LogP contribution < -0.4 is 0 Å². The van der Waals surface area contributed by atoms with Crippen molar-refractivity contribution in [3.8, 4) is 11.1 Å². The number of fused-ring (bicyclic) bond motifs is 2. The first-order valence-corrected chi connectivity index (χ1v) is 21.8. The van der Waals surface area contributed by atoms with Crippen molar-refractivity contribution < 1.29 is 60.4 Å². The molecule has 0 saturated carbocycles. The summed E-state index contributed by atoms with van der Waals surface area (Å²) < 4.78 is 42.9. The van der Waals surface area contributed by atoms with Crippen LogP contribution in [0, 0.1) is 37.3 Å². The summed E-state index contributed by atoms with van der Waals surface area (Å²) in [5.41, 5.74) is 14.7. The Hall–Kier alpha value is -4.56. The molecule has 2 aliphatic heterocycles. The summed E-state index contributed by atoms with van der Waals surface area (Å²) in [5, 5.41) is 4.49. The molecule has 2 nitrogen and oxygen atoms in total. The summed E-state index contributed by atoms with van der Waals surface area (Å²) in [7, 11) is 0. The van der Waals surface area contributed by atoms with E-state index in [2.05, 4.69) is 135 Å². The second-order valence-corrected chi connectivity index (χ2v) is 17.7. The Morgan fingerprint density at radius 3 is 1.39 bits per heavy atom. The zero-order chi connectivity index (χ0) is 42.2. The molecule has 0 atom stereocenters. The standard InChI is InChI=1S/C58H50F2O2.2W/c1-37-4-20-54-48(21-37)17-18-51(32-50-16-14-44(31-57(50)60)24-40-7-11-42(12-8-40)26-47-35-62-36-47)58(54)55-29-45(28-52-22-38(2)3-19-53(52)55)27-49-15-13-43(30-56(49)59)23-39-5-9-41(10-6-39)25-46-33-61-34-46;;/h3-22,28-31H,23-27,32-36H2,1-2H3;;/q-2;;. The molecule has 2 saturated heterocycles. The van der Waals surface area contributed by atoms with Gasteiger partial charge in [-0.25, -0.2) is 8.78 Å². The molecule has 2 aliphatic rings. The molecule has 2 fully saturated rings. The minimum atomic E-state index is -0.195. The van der Waals surface area contributed by atoms with Gasteiger partial charge < -0.3 is 9.47 Å². The average Bonchev–Trinajstić information content (AvgIpc) is 3.23. The zero-order valence-electron chi connectivity index (χ0n) is 36.3. The van der Waals surface area contributed by atoms with Gasteiger partial charge in [0.25, 0.3) is 0 Å². The van der Waals surface area contributed by atoms with E-state index < -0.39 is 0 Å². The maximum Gasteiger partial charge on any atom is 0.127 e. The fourth-order valence-electron chi connectivity index (χ4n) is 9.23. The molecule has 8 aromatic rings. The molecule has 10 rings (SSSR count). The van der Waals surface area contributed by atoms with Crippen LogP contribution in [0.2, 0.25) is 0 Å². The van der Waals surface area contributed by atoms with Crippen LogP contribution >= 0.6 is 0 Å². The van der Waals surface area contributed by atoms with Crippen LogP contribution in [0.15, 0.2) is 146 Å². The first-order valence-electron chi connectivity index (χ1n) is 21.8. The summed E-state index contributed by atoms with van der Waals surface area (Å²) in [6.07, 6.45) is 4.15. The topological polar surface area (TPSA) is 18.5 Å². The van der Waals surface area contributed by atoms with E-state index in [1.54, 1.807) is 12.1 Å². The van der Waals surface area contributed by atoms with Crippen LogP contribution in [0.5, 0.6) is 0 Å². The van der Waals surface area contributed by atoms with Gasteiger partial charge in [0, 0.05) is 55.0 Å². The third-order valence-corrected chi connectivity index (χ3v) is 12.7. The van der Waals surface area contributed by atoms with Crippen molar-refractivity contribution in [3.05, 3.63) is 236 Å². The van der Waals surface area contributed by atoms with Crippen LogP contribution in [-0.2, 0) is 90.1 Å². The number of halogens is 2. The van der Waals surface area contributed by atoms with E-state index in [1.165, 1.54) is 28.5 Å². The van der Waals surface area contributed by atoms with Crippen LogP contribution in [0.25, 0.3) is 32.7 Å². The smallest absolute Gasteiger partial charge is 0.127 e. The molecule has 0 aliphatic carbocycles. The van der Waals surface area contributed by atoms with Crippen molar-refractivity contribution in [2.45, 2.75) is 52.4 Å². The van der Waals surface area contributed by atoms with Gasteiger partial charge in [0.05, 0.1) is 0 Å². The summed E-state index contributed by atoms with van der Waals surface area (Å²) >= 11 is 0. The van der Waals surface area contributed by atoms with E-state index in [1.807, 2.05) is 12.1 Å². The third kappa shape index (κ3) is 10.4.